The number of fused-ring (bicyclic) bond motifs is 1. The second-order valence-electron chi connectivity index (χ2n) is 10.7. The number of carbonyl (C=O) groups is 2. The van der Waals surface area contributed by atoms with Crippen molar-refractivity contribution in [2.24, 2.45) is 5.92 Å². The number of anilines is 1. The van der Waals surface area contributed by atoms with Crippen LogP contribution in [0.3, 0.4) is 0 Å². The van der Waals surface area contributed by atoms with Gasteiger partial charge in [0.15, 0.2) is 0 Å². The van der Waals surface area contributed by atoms with Crippen LogP contribution in [-0.4, -0.2) is 54.1 Å². The minimum absolute atomic E-state index is 0.121. The van der Waals surface area contributed by atoms with Crippen LogP contribution < -0.4 is 5.32 Å². The molecule has 5 rings (SSSR count). The summed E-state index contributed by atoms with van der Waals surface area (Å²) in [5.74, 6) is 0.365. The molecule has 2 aliphatic heterocycles. The summed E-state index contributed by atoms with van der Waals surface area (Å²) in [4.78, 5) is 30.3. The summed E-state index contributed by atoms with van der Waals surface area (Å²) in [6.07, 6.45) is 5.41. The van der Waals surface area contributed by atoms with Crippen LogP contribution in [0.5, 0.6) is 0 Å². The van der Waals surface area contributed by atoms with E-state index in [1.165, 1.54) is 36.0 Å². The van der Waals surface area contributed by atoms with Gasteiger partial charge < -0.3 is 19.9 Å². The number of nitrogens with one attached hydrogen (secondary N) is 1. The van der Waals surface area contributed by atoms with Crippen LogP contribution >= 0.6 is 0 Å². The van der Waals surface area contributed by atoms with Gasteiger partial charge in [0.1, 0.15) is 0 Å². The fourth-order valence-electron chi connectivity index (χ4n) is 5.91. The molecule has 1 saturated heterocycles. The number of hydrogen-bond acceptors (Lipinski definition) is 4. The first-order valence-corrected chi connectivity index (χ1v) is 14.3. The number of urea groups is 1. The molecule has 204 valence electrons. The molecule has 2 heterocycles. The average Bonchev–Trinajstić information content (AvgIpc) is 2.97. The van der Waals surface area contributed by atoms with Crippen molar-refractivity contribution in [3.05, 3.63) is 101 Å². The molecule has 39 heavy (non-hydrogen) atoms. The largest absolute Gasteiger partial charge is 0.462 e. The van der Waals surface area contributed by atoms with Crippen molar-refractivity contribution in [2.45, 2.75) is 51.6 Å². The second-order valence-corrected chi connectivity index (χ2v) is 10.7. The molecule has 0 saturated carbocycles. The SMILES string of the molecule is CCOC(=O)c1cccc(NC(=O)N2Cc3ccccc3CC2CCN2CCC(Cc3ccccc3)CC2)c1. The van der Waals surface area contributed by atoms with Gasteiger partial charge in [-0.1, -0.05) is 60.7 Å². The fraction of sp³-hybridized carbons (Fsp3) is 0.394. The van der Waals surface area contributed by atoms with Crippen LogP contribution in [0.25, 0.3) is 0 Å². The van der Waals surface area contributed by atoms with E-state index in [4.69, 9.17) is 4.74 Å². The first kappa shape index (κ1) is 26.9. The van der Waals surface area contributed by atoms with Gasteiger partial charge in [-0.3, -0.25) is 0 Å². The zero-order valence-corrected chi connectivity index (χ0v) is 22.9. The quantitative estimate of drug-likeness (QED) is 0.358. The number of likely N-dealkylation sites (tertiary alicyclic amines) is 1. The monoisotopic (exact) mass is 525 g/mol. The highest BCUT2D eigenvalue weighted by atomic mass is 16.5. The zero-order chi connectivity index (χ0) is 27.0. The van der Waals surface area contributed by atoms with E-state index >= 15 is 0 Å². The molecule has 3 aromatic carbocycles. The van der Waals surface area contributed by atoms with Gasteiger partial charge in [0.05, 0.1) is 12.2 Å². The summed E-state index contributed by atoms with van der Waals surface area (Å²) < 4.78 is 5.12. The maximum absolute atomic E-state index is 13.5. The number of benzene rings is 3. The Morgan fingerprint density at radius 2 is 1.67 bits per heavy atom. The number of piperidine rings is 1. The molecule has 1 atom stereocenters. The smallest absolute Gasteiger partial charge is 0.338 e. The van der Waals surface area contributed by atoms with Crippen molar-refractivity contribution in [2.75, 3.05) is 31.6 Å². The van der Waals surface area contributed by atoms with Gasteiger partial charge in [-0.2, -0.15) is 0 Å². The third kappa shape index (κ3) is 7.07. The molecule has 0 bridgehead atoms. The Morgan fingerprint density at radius 1 is 0.923 bits per heavy atom. The van der Waals surface area contributed by atoms with Gasteiger partial charge in [0.2, 0.25) is 0 Å². The Labute approximate surface area is 232 Å². The number of hydrogen-bond donors (Lipinski definition) is 1. The molecular formula is C33H39N3O3. The van der Waals surface area contributed by atoms with E-state index in [1.54, 1.807) is 25.1 Å². The van der Waals surface area contributed by atoms with Gasteiger partial charge in [0, 0.05) is 24.8 Å². The third-order valence-electron chi connectivity index (χ3n) is 8.09. The number of amides is 2. The normalized spacial score (nSPS) is 17.9. The minimum atomic E-state index is -0.383. The molecule has 2 aliphatic rings. The molecule has 0 aliphatic carbocycles. The van der Waals surface area contributed by atoms with Gasteiger partial charge in [0.25, 0.3) is 0 Å². The van der Waals surface area contributed by atoms with E-state index in [1.807, 2.05) is 17.0 Å². The minimum Gasteiger partial charge on any atom is -0.462 e. The first-order chi connectivity index (χ1) is 19.1. The van der Waals surface area contributed by atoms with Crippen molar-refractivity contribution in [1.29, 1.82) is 0 Å². The summed E-state index contributed by atoms with van der Waals surface area (Å²) in [7, 11) is 0. The Hall–Kier alpha value is -3.64. The molecule has 0 spiro atoms. The van der Waals surface area contributed by atoms with Crippen molar-refractivity contribution >= 4 is 17.7 Å². The summed E-state index contributed by atoms with van der Waals surface area (Å²) in [5.41, 5.74) is 5.00. The molecule has 1 unspecified atom stereocenters. The summed E-state index contributed by atoms with van der Waals surface area (Å²) in [5, 5.41) is 3.04. The average molecular weight is 526 g/mol. The maximum Gasteiger partial charge on any atom is 0.338 e. The summed E-state index contributed by atoms with van der Waals surface area (Å²) >= 11 is 0. The maximum atomic E-state index is 13.5. The molecule has 1 fully saturated rings. The number of nitrogens with zero attached hydrogens (tertiary/aromatic N) is 2. The van der Waals surface area contributed by atoms with E-state index in [0.29, 0.717) is 24.4 Å². The third-order valence-corrected chi connectivity index (χ3v) is 8.09. The number of ether oxygens (including phenoxy) is 1. The van der Waals surface area contributed by atoms with Crippen molar-refractivity contribution in [3.8, 4) is 0 Å². The first-order valence-electron chi connectivity index (χ1n) is 14.3. The Morgan fingerprint density at radius 3 is 2.44 bits per heavy atom. The van der Waals surface area contributed by atoms with Crippen molar-refractivity contribution in [3.63, 3.8) is 0 Å². The molecular weight excluding hydrogens is 486 g/mol. The van der Waals surface area contributed by atoms with Crippen molar-refractivity contribution < 1.29 is 14.3 Å². The van der Waals surface area contributed by atoms with Crippen LogP contribution in [0.1, 0.15) is 53.2 Å². The predicted molar refractivity (Wildman–Crippen MR) is 155 cm³/mol. The van der Waals surface area contributed by atoms with E-state index in [-0.39, 0.29) is 18.0 Å². The lowest BCUT2D eigenvalue weighted by Crippen LogP contribution is -2.48. The molecule has 2 amide bonds. The lowest BCUT2D eigenvalue weighted by molar-refractivity contribution is 0.0526. The zero-order valence-electron chi connectivity index (χ0n) is 22.9. The molecule has 0 radical (unpaired) electrons. The van der Waals surface area contributed by atoms with Crippen LogP contribution in [-0.2, 0) is 24.1 Å². The van der Waals surface area contributed by atoms with E-state index in [9.17, 15) is 9.59 Å². The lowest BCUT2D eigenvalue weighted by atomic mass is 9.89. The van der Waals surface area contributed by atoms with Crippen LogP contribution in [0.15, 0.2) is 78.9 Å². The van der Waals surface area contributed by atoms with E-state index in [0.717, 1.165) is 38.4 Å². The Balaban J connectivity index is 1.20. The molecule has 0 aromatic heterocycles. The summed E-state index contributed by atoms with van der Waals surface area (Å²) in [6.45, 7) is 5.91. The second kappa shape index (κ2) is 12.9. The van der Waals surface area contributed by atoms with Crippen LogP contribution in [0.2, 0.25) is 0 Å². The van der Waals surface area contributed by atoms with Crippen LogP contribution in [0.4, 0.5) is 10.5 Å². The van der Waals surface area contributed by atoms with Gasteiger partial charge in [-0.15, -0.1) is 0 Å². The van der Waals surface area contributed by atoms with E-state index < -0.39 is 0 Å². The Kier molecular flexibility index (Phi) is 8.94. The van der Waals surface area contributed by atoms with Gasteiger partial charge >= 0.3 is 12.0 Å². The number of carbonyl (C=O) groups excluding carboxylic acids is 2. The highest BCUT2D eigenvalue weighted by Gasteiger charge is 2.30. The highest BCUT2D eigenvalue weighted by Crippen LogP contribution is 2.28. The highest BCUT2D eigenvalue weighted by molar-refractivity contribution is 5.94. The van der Waals surface area contributed by atoms with E-state index in [2.05, 4.69) is 58.7 Å². The number of rotatable bonds is 8. The molecule has 6 heteroatoms. The lowest BCUT2D eigenvalue weighted by Gasteiger charge is -2.39. The molecule has 3 aromatic rings. The standard InChI is InChI=1S/C33H39N3O3/c1-2-39-32(37)28-13-8-14-30(22-28)34-33(38)36-24-29-12-7-6-11-27(29)23-31(36)17-20-35-18-15-26(16-19-35)21-25-9-4-3-5-10-25/h3-14,22,26,31H,2,15-21,23-24H2,1H3,(H,34,38). The molecule has 6 nitrogen and oxygen atoms in total. The Bertz CT molecular complexity index is 1250. The van der Waals surface area contributed by atoms with Crippen LogP contribution in [0, 0.1) is 5.92 Å². The fourth-order valence-corrected chi connectivity index (χ4v) is 5.91. The predicted octanol–water partition coefficient (Wildman–Crippen LogP) is 6.17. The van der Waals surface area contributed by atoms with Gasteiger partial charge in [-0.05, 0) is 92.9 Å². The summed E-state index contributed by atoms with van der Waals surface area (Å²) in [6, 6.07) is 26.2. The number of esters is 1. The molecule has 1 N–H and O–H groups in total. The van der Waals surface area contributed by atoms with Gasteiger partial charge in [-0.25, -0.2) is 9.59 Å². The topological polar surface area (TPSA) is 61.9 Å². The van der Waals surface area contributed by atoms with Crippen molar-refractivity contribution in [1.82, 2.24) is 9.80 Å².